The van der Waals surface area contributed by atoms with Gasteiger partial charge in [0.1, 0.15) is 0 Å². The fraction of sp³-hybridized carbons (Fsp3) is 1.00. The molecular formula is C8H18N2. The average molecular weight is 142 g/mol. The van der Waals surface area contributed by atoms with E-state index in [-0.39, 0.29) is 0 Å². The Balaban J connectivity index is 2.19. The van der Waals surface area contributed by atoms with Gasteiger partial charge in [0.05, 0.1) is 0 Å². The lowest BCUT2D eigenvalue weighted by molar-refractivity contribution is 0.429. The molecule has 60 valence electrons. The summed E-state index contributed by atoms with van der Waals surface area (Å²) in [5, 5.41) is 3.47. The first kappa shape index (κ1) is 8.02. The van der Waals surface area contributed by atoms with Crippen LogP contribution in [0.1, 0.15) is 26.7 Å². The van der Waals surface area contributed by atoms with Crippen molar-refractivity contribution in [1.82, 2.24) is 5.32 Å². The van der Waals surface area contributed by atoms with Gasteiger partial charge >= 0.3 is 0 Å². The standard InChI is InChI=1S/C8H18N2/c1-6(2)10-8(5-9)7-3-4-7/h6-8,10H,3-5,9H2,1-2H3. The molecule has 1 saturated carbocycles. The Morgan fingerprint density at radius 3 is 2.40 bits per heavy atom. The van der Waals surface area contributed by atoms with Crippen LogP contribution in [0.25, 0.3) is 0 Å². The second-order valence-electron chi connectivity index (χ2n) is 3.50. The number of hydrogen-bond donors (Lipinski definition) is 2. The van der Waals surface area contributed by atoms with Crippen LogP contribution in [-0.2, 0) is 0 Å². The predicted octanol–water partition coefficient (Wildman–Crippen LogP) is 0.722. The minimum Gasteiger partial charge on any atom is -0.329 e. The van der Waals surface area contributed by atoms with Crippen molar-refractivity contribution in [3.8, 4) is 0 Å². The molecule has 0 saturated heterocycles. The summed E-state index contributed by atoms with van der Waals surface area (Å²) in [6.07, 6.45) is 2.75. The molecule has 0 aromatic carbocycles. The molecule has 0 aromatic rings. The van der Waals surface area contributed by atoms with Crippen LogP contribution in [-0.4, -0.2) is 18.6 Å². The summed E-state index contributed by atoms with van der Waals surface area (Å²) in [4.78, 5) is 0. The van der Waals surface area contributed by atoms with Gasteiger partial charge in [0.25, 0.3) is 0 Å². The molecule has 0 spiro atoms. The first-order valence-electron chi connectivity index (χ1n) is 4.20. The zero-order valence-corrected chi connectivity index (χ0v) is 6.93. The van der Waals surface area contributed by atoms with Crippen molar-refractivity contribution in [3.63, 3.8) is 0 Å². The predicted molar refractivity (Wildman–Crippen MR) is 43.8 cm³/mol. The van der Waals surface area contributed by atoms with E-state index in [1.54, 1.807) is 0 Å². The van der Waals surface area contributed by atoms with E-state index in [1.165, 1.54) is 12.8 Å². The van der Waals surface area contributed by atoms with Crippen LogP contribution in [0, 0.1) is 5.92 Å². The van der Waals surface area contributed by atoms with E-state index in [1.807, 2.05) is 0 Å². The average Bonchev–Trinajstić information content (AvgIpc) is 2.63. The van der Waals surface area contributed by atoms with Gasteiger partial charge in [-0.1, -0.05) is 13.8 Å². The van der Waals surface area contributed by atoms with E-state index in [9.17, 15) is 0 Å². The Hall–Kier alpha value is -0.0800. The highest BCUT2D eigenvalue weighted by Crippen LogP contribution is 2.32. The third-order valence-electron chi connectivity index (χ3n) is 1.99. The normalized spacial score (nSPS) is 21.6. The van der Waals surface area contributed by atoms with Gasteiger partial charge < -0.3 is 11.1 Å². The summed E-state index contributed by atoms with van der Waals surface area (Å²) in [7, 11) is 0. The van der Waals surface area contributed by atoms with Crippen molar-refractivity contribution < 1.29 is 0 Å². The molecule has 0 aromatic heterocycles. The van der Waals surface area contributed by atoms with Gasteiger partial charge in [-0.15, -0.1) is 0 Å². The SMILES string of the molecule is CC(C)NC(CN)C1CC1. The molecule has 2 nitrogen and oxygen atoms in total. The van der Waals surface area contributed by atoms with E-state index in [2.05, 4.69) is 19.2 Å². The first-order valence-corrected chi connectivity index (χ1v) is 4.20. The van der Waals surface area contributed by atoms with E-state index >= 15 is 0 Å². The fourth-order valence-corrected chi connectivity index (χ4v) is 1.32. The summed E-state index contributed by atoms with van der Waals surface area (Å²) >= 11 is 0. The summed E-state index contributed by atoms with van der Waals surface area (Å²) in [5.74, 6) is 0.882. The molecule has 1 atom stereocenters. The molecule has 0 heterocycles. The van der Waals surface area contributed by atoms with Gasteiger partial charge in [0, 0.05) is 18.6 Å². The Labute approximate surface area is 63.2 Å². The molecular weight excluding hydrogens is 124 g/mol. The Kier molecular flexibility index (Phi) is 2.69. The van der Waals surface area contributed by atoms with Crippen LogP contribution in [0.2, 0.25) is 0 Å². The third-order valence-corrected chi connectivity index (χ3v) is 1.99. The molecule has 0 radical (unpaired) electrons. The Morgan fingerprint density at radius 1 is 1.50 bits per heavy atom. The first-order chi connectivity index (χ1) is 4.74. The van der Waals surface area contributed by atoms with E-state index < -0.39 is 0 Å². The van der Waals surface area contributed by atoms with Crippen LogP contribution >= 0.6 is 0 Å². The Bertz CT molecular complexity index is 97.4. The molecule has 10 heavy (non-hydrogen) atoms. The summed E-state index contributed by atoms with van der Waals surface area (Å²) < 4.78 is 0. The lowest BCUT2D eigenvalue weighted by Crippen LogP contribution is -2.41. The zero-order chi connectivity index (χ0) is 7.56. The zero-order valence-electron chi connectivity index (χ0n) is 6.93. The van der Waals surface area contributed by atoms with E-state index in [4.69, 9.17) is 5.73 Å². The summed E-state index contributed by atoms with van der Waals surface area (Å²) in [5.41, 5.74) is 5.60. The van der Waals surface area contributed by atoms with E-state index in [0.717, 1.165) is 12.5 Å². The smallest absolute Gasteiger partial charge is 0.0220 e. The Morgan fingerprint density at radius 2 is 2.10 bits per heavy atom. The summed E-state index contributed by atoms with van der Waals surface area (Å²) in [6, 6.07) is 1.16. The van der Waals surface area contributed by atoms with Crippen molar-refractivity contribution in [2.75, 3.05) is 6.54 Å². The minimum absolute atomic E-state index is 0.578. The highest BCUT2D eigenvalue weighted by atomic mass is 15.0. The minimum atomic E-state index is 0.578. The van der Waals surface area contributed by atoms with Crippen molar-refractivity contribution in [1.29, 1.82) is 0 Å². The van der Waals surface area contributed by atoms with Crippen LogP contribution in [0.5, 0.6) is 0 Å². The van der Waals surface area contributed by atoms with Crippen molar-refractivity contribution in [3.05, 3.63) is 0 Å². The molecule has 1 fully saturated rings. The highest BCUT2D eigenvalue weighted by molar-refractivity contribution is 4.87. The number of nitrogens with two attached hydrogens (primary N) is 1. The fourth-order valence-electron chi connectivity index (χ4n) is 1.32. The van der Waals surface area contributed by atoms with Gasteiger partial charge in [-0.3, -0.25) is 0 Å². The molecule has 0 bridgehead atoms. The van der Waals surface area contributed by atoms with Crippen LogP contribution in [0.4, 0.5) is 0 Å². The van der Waals surface area contributed by atoms with Crippen molar-refractivity contribution in [2.45, 2.75) is 38.8 Å². The number of nitrogens with one attached hydrogen (secondary N) is 1. The van der Waals surface area contributed by atoms with Gasteiger partial charge in [-0.2, -0.15) is 0 Å². The lowest BCUT2D eigenvalue weighted by atomic mass is 10.1. The van der Waals surface area contributed by atoms with Crippen molar-refractivity contribution in [2.24, 2.45) is 11.7 Å². The molecule has 1 aliphatic rings. The molecule has 2 heteroatoms. The largest absolute Gasteiger partial charge is 0.329 e. The molecule has 0 aliphatic heterocycles. The molecule has 3 N–H and O–H groups in total. The van der Waals surface area contributed by atoms with E-state index in [0.29, 0.717) is 12.1 Å². The quantitative estimate of drug-likeness (QED) is 0.607. The van der Waals surface area contributed by atoms with Gasteiger partial charge in [0.15, 0.2) is 0 Å². The topological polar surface area (TPSA) is 38.0 Å². The maximum absolute atomic E-state index is 5.60. The number of rotatable bonds is 4. The van der Waals surface area contributed by atoms with Crippen LogP contribution in [0.15, 0.2) is 0 Å². The third kappa shape index (κ3) is 2.27. The monoisotopic (exact) mass is 142 g/mol. The molecule has 1 unspecified atom stereocenters. The summed E-state index contributed by atoms with van der Waals surface area (Å²) in [6.45, 7) is 5.14. The van der Waals surface area contributed by atoms with Gasteiger partial charge in [-0.25, -0.2) is 0 Å². The second-order valence-corrected chi connectivity index (χ2v) is 3.50. The van der Waals surface area contributed by atoms with Crippen LogP contribution in [0.3, 0.4) is 0 Å². The second kappa shape index (κ2) is 3.35. The highest BCUT2D eigenvalue weighted by Gasteiger charge is 2.29. The maximum atomic E-state index is 5.60. The molecule has 1 rings (SSSR count). The van der Waals surface area contributed by atoms with Crippen molar-refractivity contribution >= 4 is 0 Å². The molecule has 0 amide bonds. The van der Waals surface area contributed by atoms with Gasteiger partial charge in [-0.05, 0) is 18.8 Å². The van der Waals surface area contributed by atoms with Crippen LogP contribution < -0.4 is 11.1 Å². The maximum Gasteiger partial charge on any atom is 0.0220 e. The van der Waals surface area contributed by atoms with Gasteiger partial charge in [0.2, 0.25) is 0 Å². The lowest BCUT2D eigenvalue weighted by Gasteiger charge is -2.18. The number of hydrogen-bond acceptors (Lipinski definition) is 2. The molecule has 1 aliphatic carbocycles.